The van der Waals surface area contributed by atoms with Crippen LogP contribution < -0.4 is 0 Å². The minimum absolute atomic E-state index is 0.125. The van der Waals surface area contributed by atoms with E-state index in [0.29, 0.717) is 0 Å². The van der Waals surface area contributed by atoms with E-state index in [-0.39, 0.29) is 11.7 Å². The molecule has 1 aliphatic rings. The van der Waals surface area contributed by atoms with Crippen LogP contribution in [0.5, 0.6) is 0 Å². The molecule has 0 saturated carbocycles. The summed E-state index contributed by atoms with van der Waals surface area (Å²) in [5.41, 5.74) is -0.125. The standard InChI is InChI=1S/C5H10BO2.C3H6.C2H6/c1-4-5(2,3)8-6-7-4;1-3-2;1-2/h4H,1-3H3;3H,1H2,2H3;1-2H3. The van der Waals surface area contributed by atoms with Crippen molar-refractivity contribution in [1.29, 1.82) is 0 Å². The van der Waals surface area contributed by atoms with E-state index < -0.39 is 0 Å². The molecule has 1 fully saturated rings. The van der Waals surface area contributed by atoms with Gasteiger partial charge in [0.15, 0.2) is 0 Å². The fourth-order valence-corrected chi connectivity index (χ4v) is 0.495. The van der Waals surface area contributed by atoms with Gasteiger partial charge in [0.1, 0.15) is 0 Å². The Morgan fingerprint density at radius 1 is 1.38 bits per heavy atom. The normalized spacial score (nSPS) is 22.8. The maximum absolute atomic E-state index is 5.11. The fraction of sp³-hybridized carbons (Fsp3) is 0.800. The summed E-state index contributed by atoms with van der Waals surface area (Å²) in [6, 6.07) is 0. The Balaban J connectivity index is 0. The first-order valence-electron chi connectivity index (χ1n) is 4.76. The van der Waals surface area contributed by atoms with Crippen LogP contribution in [-0.2, 0) is 9.31 Å². The molecule has 0 aromatic carbocycles. The van der Waals surface area contributed by atoms with Crippen molar-refractivity contribution >= 4 is 7.69 Å². The zero-order valence-electron chi connectivity index (χ0n) is 9.76. The largest absolute Gasteiger partial charge is 0.488 e. The number of rotatable bonds is 0. The van der Waals surface area contributed by atoms with Crippen molar-refractivity contribution < 1.29 is 9.31 Å². The van der Waals surface area contributed by atoms with Crippen molar-refractivity contribution in [3.63, 3.8) is 0 Å². The van der Waals surface area contributed by atoms with Crippen molar-refractivity contribution in [1.82, 2.24) is 0 Å². The van der Waals surface area contributed by atoms with Crippen LogP contribution >= 0.6 is 0 Å². The molecule has 0 N–H and O–H groups in total. The van der Waals surface area contributed by atoms with Crippen LogP contribution in [0.1, 0.15) is 41.5 Å². The summed E-state index contributed by atoms with van der Waals surface area (Å²) in [5.74, 6) is 0. The molecule has 77 valence electrons. The molecule has 0 amide bonds. The van der Waals surface area contributed by atoms with Gasteiger partial charge >= 0.3 is 7.69 Å². The molecule has 1 heterocycles. The molecule has 1 radical (unpaired) electrons. The lowest BCUT2D eigenvalue weighted by Crippen LogP contribution is -2.29. The van der Waals surface area contributed by atoms with Gasteiger partial charge in [-0.2, -0.15) is 0 Å². The van der Waals surface area contributed by atoms with Gasteiger partial charge in [-0.25, -0.2) is 0 Å². The summed E-state index contributed by atoms with van der Waals surface area (Å²) in [6.07, 6.45) is 1.93. The molecular formula is C10H22BO2. The molecule has 2 nitrogen and oxygen atoms in total. The van der Waals surface area contributed by atoms with Crippen LogP contribution in [-0.4, -0.2) is 19.4 Å². The highest BCUT2D eigenvalue weighted by atomic mass is 16.6. The first-order chi connectivity index (χ1) is 6.04. The maximum Gasteiger partial charge on any atom is 0.488 e. The molecule has 0 aromatic heterocycles. The Kier molecular flexibility index (Phi) is 9.74. The molecule has 1 saturated heterocycles. The first-order valence-corrected chi connectivity index (χ1v) is 4.76. The summed E-state index contributed by atoms with van der Waals surface area (Å²) in [5, 5.41) is 0. The van der Waals surface area contributed by atoms with Crippen LogP contribution in [0.4, 0.5) is 0 Å². The van der Waals surface area contributed by atoms with Crippen molar-refractivity contribution in [3.05, 3.63) is 12.7 Å². The molecule has 1 rings (SSSR count). The Morgan fingerprint density at radius 3 is 1.85 bits per heavy atom. The monoisotopic (exact) mass is 185 g/mol. The van der Waals surface area contributed by atoms with E-state index in [1.54, 1.807) is 6.08 Å². The van der Waals surface area contributed by atoms with Gasteiger partial charge in [0.25, 0.3) is 0 Å². The van der Waals surface area contributed by atoms with Crippen LogP contribution in [0.25, 0.3) is 0 Å². The third kappa shape index (κ3) is 6.85. The topological polar surface area (TPSA) is 18.5 Å². The summed E-state index contributed by atoms with van der Waals surface area (Å²) in [7, 11) is 1.41. The fourth-order valence-electron chi connectivity index (χ4n) is 0.495. The second-order valence-electron chi connectivity index (χ2n) is 3.00. The number of hydrogen-bond acceptors (Lipinski definition) is 2. The van der Waals surface area contributed by atoms with E-state index in [1.165, 1.54) is 7.69 Å². The van der Waals surface area contributed by atoms with Gasteiger partial charge in [0, 0.05) is 0 Å². The molecule has 3 heteroatoms. The maximum atomic E-state index is 5.11. The SMILES string of the molecule is C=CC.CC.CC1O[B]OC1(C)C. The minimum Gasteiger partial charge on any atom is -0.408 e. The first kappa shape index (κ1) is 15.2. The van der Waals surface area contributed by atoms with Crippen LogP contribution in [0.2, 0.25) is 0 Å². The van der Waals surface area contributed by atoms with Crippen LogP contribution in [0, 0.1) is 0 Å². The lowest BCUT2D eigenvalue weighted by Gasteiger charge is -2.21. The molecule has 1 aliphatic heterocycles. The van der Waals surface area contributed by atoms with E-state index in [2.05, 4.69) is 6.58 Å². The van der Waals surface area contributed by atoms with E-state index in [1.807, 2.05) is 41.5 Å². The highest BCUT2D eigenvalue weighted by Gasteiger charge is 2.33. The minimum atomic E-state index is -0.125. The average molecular weight is 185 g/mol. The second kappa shape index (κ2) is 8.33. The van der Waals surface area contributed by atoms with Gasteiger partial charge in [0.05, 0.1) is 11.7 Å². The Bertz CT molecular complexity index is 124. The van der Waals surface area contributed by atoms with Crippen LogP contribution in [0.3, 0.4) is 0 Å². The van der Waals surface area contributed by atoms with Gasteiger partial charge in [-0.15, -0.1) is 6.58 Å². The third-order valence-electron chi connectivity index (χ3n) is 1.59. The summed E-state index contributed by atoms with van der Waals surface area (Å²) in [6.45, 7) is 15.2. The number of hydrogen-bond donors (Lipinski definition) is 0. The molecule has 0 aliphatic carbocycles. The molecular weight excluding hydrogens is 163 g/mol. The van der Waals surface area contributed by atoms with E-state index in [4.69, 9.17) is 9.31 Å². The molecule has 0 aromatic rings. The highest BCUT2D eigenvalue weighted by molar-refractivity contribution is 6.19. The van der Waals surface area contributed by atoms with Gasteiger partial charge in [-0.3, -0.25) is 0 Å². The third-order valence-corrected chi connectivity index (χ3v) is 1.59. The highest BCUT2D eigenvalue weighted by Crippen LogP contribution is 2.21. The molecule has 0 spiro atoms. The molecule has 0 bridgehead atoms. The van der Waals surface area contributed by atoms with Crippen molar-refractivity contribution in [2.75, 3.05) is 0 Å². The Morgan fingerprint density at radius 2 is 1.77 bits per heavy atom. The van der Waals surface area contributed by atoms with Crippen molar-refractivity contribution in [2.45, 2.75) is 53.2 Å². The number of allylic oxidation sites excluding steroid dienone is 1. The summed E-state index contributed by atoms with van der Waals surface area (Å²) < 4.78 is 10.1. The van der Waals surface area contributed by atoms with E-state index in [0.717, 1.165) is 0 Å². The van der Waals surface area contributed by atoms with Crippen molar-refractivity contribution in [3.8, 4) is 0 Å². The predicted octanol–water partition coefficient (Wildman–Crippen LogP) is 2.95. The van der Waals surface area contributed by atoms with E-state index in [9.17, 15) is 0 Å². The molecule has 1 atom stereocenters. The van der Waals surface area contributed by atoms with Crippen molar-refractivity contribution in [2.24, 2.45) is 0 Å². The van der Waals surface area contributed by atoms with Gasteiger partial charge in [-0.05, 0) is 27.7 Å². The lowest BCUT2D eigenvalue weighted by molar-refractivity contribution is 0.0846. The molecule has 13 heavy (non-hydrogen) atoms. The van der Waals surface area contributed by atoms with Crippen LogP contribution in [0.15, 0.2) is 12.7 Å². The predicted molar refractivity (Wildman–Crippen MR) is 58.7 cm³/mol. The molecule has 1 unspecified atom stereocenters. The average Bonchev–Trinajstić information content (AvgIpc) is 2.36. The van der Waals surface area contributed by atoms with Gasteiger partial charge in [0.2, 0.25) is 0 Å². The van der Waals surface area contributed by atoms with E-state index >= 15 is 0 Å². The summed E-state index contributed by atoms with van der Waals surface area (Å²) in [4.78, 5) is 0. The van der Waals surface area contributed by atoms with Gasteiger partial charge < -0.3 is 9.31 Å². The zero-order chi connectivity index (χ0) is 10.9. The lowest BCUT2D eigenvalue weighted by atomic mass is 10.0. The smallest absolute Gasteiger partial charge is 0.408 e. The Hall–Kier alpha value is -0.275. The quantitative estimate of drug-likeness (QED) is 0.426. The summed E-state index contributed by atoms with van der Waals surface area (Å²) >= 11 is 0. The second-order valence-corrected chi connectivity index (χ2v) is 3.00. The Labute approximate surface area is 83.6 Å². The van der Waals surface area contributed by atoms with Gasteiger partial charge in [-0.1, -0.05) is 19.9 Å². The zero-order valence-corrected chi connectivity index (χ0v) is 9.76.